The molecular formula is C20H22BrNO2. The van der Waals surface area contributed by atoms with Gasteiger partial charge in [0.2, 0.25) is 0 Å². The van der Waals surface area contributed by atoms with Gasteiger partial charge in [-0.1, -0.05) is 47.0 Å². The molecule has 126 valence electrons. The number of rotatable bonds is 5. The van der Waals surface area contributed by atoms with E-state index >= 15 is 0 Å². The smallest absolute Gasteiger partial charge is 0.251 e. The van der Waals surface area contributed by atoms with Crippen LogP contribution in [-0.2, 0) is 5.41 Å². The van der Waals surface area contributed by atoms with Gasteiger partial charge in [-0.15, -0.1) is 0 Å². The third kappa shape index (κ3) is 3.64. The van der Waals surface area contributed by atoms with Crippen molar-refractivity contribution in [3.05, 3.63) is 64.1 Å². The van der Waals surface area contributed by atoms with Crippen LogP contribution >= 0.6 is 15.9 Å². The van der Waals surface area contributed by atoms with E-state index in [1.54, 1.807) is 7.11 Å². The molecule has 3 rings (SSSR count). The van der Waals surface area contributed by atoms with Crippen molar-refractivity contribution in [1.29, 1.82) is 0 Å². The van der Waals surface area contributed by atoms with Crippen molar-refractivity contribution in [3.63, 3.8) is 0 Å². The topological polar surface area (TPSA) is 38.3 Å². The molecule has 0 atom stereocenters. The quantitative estimate of drug-likeness (QED) is 0.807. The van der Waals surface area contributed by atoms with Gasteiger partial charge in [-0.05, 0) is 48.7 Å². The highest BCUT2D eigenvalue weighted by atomic mass is 79.9. The minimum Gasteiger partial charge on any atom is -0.497 e. The van der Waals surface area contributed by atoms with E-state index in [9.17, 15) is 4.79 Å². The van der Waals surface area contributed by atoms with Crippen molar-refractivity contribution in [2.24, 2.45) is 0 Å². The van der Waals surface area contributed by atoms with Gasteiger partial charge in [-0.25, -0.2) is 0 Å². The number of methoxy groups -OCH3 is 1. The van der Waals surface area contributed by atoms with E-state index in [2.05, 4.69) is 33.4 Å². The number of amides is 1. The fourth-order valence-electron chi connectivity index (χ4n) is 3.55. The highest BCUT2D eigenvalue weighted by molar-refractivity contribution is 9.10. The molecule has 1 fully saturated rings. The average molecular weight is 388 g/mol. The molecule has 0 bridgehead atoms. The van der Waals surface area contributed by atoms with Gasteiger partial charge in [0.15, 0.2) is 0 Å². The molecule has 1 saturated carbocycles. The number of benzene rings is 2. The third-order valence-electron chi connectivity index (χ3n) is 4.94. The van der Waals surface area contributed by atoms with Gasteiger partial charge in [0.05, 0.1) is 7.11 Å². The Kier molecular flexibility index (Phi) is 5.24. The lowest BCUT2D eigenvalue weighted by atomic mass is 9.78. The van der Waals surface area contributed by atoms with E-state index in [0.717, 1.165) is 23.1 Å². The normalized spacial score (nSPS) is 15.9. The molecule has 0 aliphatic heterocycles. The molecule has 2 aromatic rings. The van der Waals surface area contributed by atoms with Crippen LogP contribution < -0.4 is 10.1 Å². The summed E-state index contributed by atoms with van der Waals surface area (Å²) in [5.41, 5.74) is 2.01. The number of halogens is 1. The SMILES string of the molecule is COc1ccc(C2(CNC(=O)c3cccc(Br)c3)CCCC2)cc1. The van der Waals surface area contributed by atoms with Crippen LogP contribution in [0.15, 0.2) is 53.0 Å². The Hall–Kier alpha value is -1.81. The molecule has 0 saturated heterocycles. The Morgan fingerprint density at radius 2 is 1.88 bits per heavy atom. The second-order valence-corrected chi connectivity index (χ2v) is 7.32. The van der Waals surface area contributed by atoms with Crippen LogP contribution in [0.5, 0.6) is 5.75 Å². The highest BCUT2D eigenvalue weighted by Crippen LogP contribution is 2.41. The lowest BCUT2D eigenvalue weighted by Gasteiger charge is -2.30. The fourth-order valence-corrected chi connectivity index (χ4v) is 3.94. The maximum absolute atomic E-state index is 12.5. The van der Waals surface area contributed by atoms with Gasteiger partial charge in [0, 0.05) is 22.0 Å². The summed E-state index contributed by atoms with van der Waals surface area (Å²) in [5.74, 6) is 0.848. The van der Waals surface area contributed by atoms with Crippen LogP contribution in [0, 0.1) is 0 Å². The van der Waals surface area contributed by atoms with E-state index in [1.807, 2.05) is 36.4 Å². The number of ether oxygens (including phenoxy) is 1. The van der Waals surface area contributed by atoms with E-state index in [1.165, 1.54) is 18.4 Å². The Bertz CT molecular complexity index is 706. The summed E-state index contributed by atoms with van der Waals surface area (Å²) in [6, 6.07) is 15.8. The van der Waals surface area contributed by atoms with Gasteiger partial charge in [0.25, 0.3) is 5.91 Å². The molecule has 1 amide bonds. The summed E-state index contributed by atoms with van der Waals surface area (Å²) < 4.78 is 6.18. The van der Waals surface area contributed by atoms with Gasteiger partial charge < -0.3 is 10.1 Å². The fraction of sp³-hybridized carbons (Fsp3) is 0.350. The first-order valence-electron chi connectivity index (χ1n) is 8.31. The van der Waals surface area contributed by atoms with Gasteiger partial charge in [-0.2, -0.15) is 0 Å². The lowest BCUT2D eigenvalue weighted by Crippen LogP contribution is -2.39. The lowest BCUT2D eigenvalue weighted by molar-refractivity contribution is 0.0943. The van der Waals surface area contributed by atoms with Gasteiger partial charge in [-0.3, -0.25) is 4.79 Å². The summed E-state index contributed by atoms with van der Waals surface area (Å²) in [7, 11) is 1.68. The Morgan fingerprint density at radius 1 is 1.17 bits per heavy atom. The molecule has 24 heavy (non-hydrogen) atoms. The highest BCUT2D eigenvalue weighted by Gasteiger charge is 2.36. The van der Waals surface area contributed by atoms with Gasteiger partial charge in [0.1, 0.15) is 5.75 Å². The molecule has 0 radical (unpaired) electrons. The van der Waals surface area contributed by atoms with E-state index in [0.29, 0.717) is 12.1 Å². The minimum atomic E-state index is -0.0175. The Labute approximate surface area is 151 Å². The molecule has 1 aliphatic carbocycles. The first kappa shape index (κ1) is 17.0. The van der Waals surface area contributed by atoms with Crippen molar-refractivity contribution in [1.82, 2.24) is 5.32 Å². The molecule has 0 unspecified atom stereocenters. The predicted octanol–water partition coefficient (Wildman–Crippen LogP) is 4.70. The number of carbonyl (C=O) groups is 1. The van der Waals surface area contributed by atoms with E-state index in [-0.39, 0.29) is 11.3 Å². The number of hydrogen-bond acceptors (Lipinski definition) is 2. The van der Waals surface area contributed by atoms with Crippen molar-refractivity contribution in [2.75, 3.05) is 13.7 Å². The summed E-state index contributed by atoms with van der Waals surface area (Å²) in [5, 5.41) is 3.15. The second-order valence-electron chi connectivity index (χ2n) is 6.41. The minimum absolute atomic E-state index is 0.0175. The van der Waals surface area contributed by atoms with Gasteiger partial charge >= 0.3 is 0 Å². The zero-order valence-electron chi connectivity index (χ0n) is 13.8. The van der Waals surface area contributed by atoms with Crippen LogP contribution in [0.25, 0.3) is 0 Å². The monoisotopic (exact) mass is 387 g/mol. The summed E-state index contributed by atoms with van der Waals surface area (Å²) in [6.07, 6.45) is 4.63. The van der Waals surface area contributed by atoms with E-state index < -0.39 is 0 Å². The number of hydrogen-bond donors (Lipinski definition) is 1. The molecule has 4 heteroatoms. The van der Waals surface area contributed by atoms with Crippen LogP contribution in [0.1, 0.15) is 41.6 Å². The summed E-state index contributed by atoms with van der Waals surface area (Å²) in [4.78, 5) is 12.5. The zero-order valence-corrected chi connectivity index (χ0v) is 15.4. The zero-order chi connectivity index (χ0) is 17.0. The van der Waals surface area contributed by atoms with Crippen LogP contribution in [0.4, 0.5) is 0 Å². The van der Waals surface area contributed by atoms with Crippen molar-refractivity contribution >= 4 is 21.8 Å². The number of carbonyl (C=O) groups excluding carboxylic acids is 1. The largest absolute Gasteiger partial charge is 0.497 e. The van der Waals surface area contributed by atoms with Crippen molar-refractivity contribution in [3.8, 4) is 5.75 Å². The molecule has 0 aromatic heterocycles. The molecule has 1 N–H and O–H groups in total. The number of nitrogens with one attached hydrogen (secondary N) is 1. The average Bonchev–Trinajstić information content (AvgIpc) is 3.10. The van der Waals surface area contributed by atoms with Crippen LogP contribution in [-0.4, -0.2) is 19.6 Å². The Morgan fingerprint density at radius 3 is 2.50 bits per heavy atom. The Balaban J connectivity index is 1.75. The first-order chi connectivity index (χ1) is 11.6. The van der Waals surface area contributed by atoms with Crippen molar-refractivity contribution < 1.29 is 9.53 Å². The predicted molar refractivity (Wildman–Crippen MR) is 99.6 cm³/mol. The molecule has 3 nitrogen and oxygen atoms in total. The maximum atomic E-state index is 12.5. The van der Waals surface area contributed by atoms with Crippen LogP contribution in [0.2, 0.25) is 0 Å². The summed E-state index contributed by atoms with van der Waals surface area (Å²) >= 11 is 3.42. The second kappa shape index (κ2) is 7.39. The molecule has 0 spiro atoms. The molecular weight excluding hydrogens is 366 g/mol. The van der Waals surface area contributed by atoms with Crippen LogP contribution in [0.3, 0.4) is 0 Å². The molecule has 0 heterocycles. The van der Waals surface area contributed by atoms with Crippen molar-refractivity contribution in [2.45, 2.75) is 31.1 Å². The standard InChI is InChI=1S/C20H22BrNO2/c1-24-18-9-7-16(8-10-18)20(11-2-3-12-20)14-22-19(23)15-5-4-6-17(21)13-15/h4-10,13H,2-3,11-12,14H2,1H3,(H,22,23). The maximum Gasteiger partial charge on any atom is 0.251 e. The first-order valence-corrected chi connectivity index (χ1v) is 9.11. The molecule has 1 aliphatic rings. The molecule has 2 aromatic carbocycles. The summed E-state index contributed by atoms with van der Waals surface area (Å²) in [6.45, 7) is 0.671. The third-order valence-corrected chi connectivity index (χ3v) is 5.43. The van der Waals surface area contributed by atoms with E-state index in [4.69, 9.17) is 4.74 Å².